The lowest BCUT2D eigenvalue weighted by molar-refractivity contribution is -0.127. The van der Waals surface area contributed by atoms with E-state index in [2.05, 4.69) is 4.90 Å². The average Bonchev–Trinajstić information content (AvgIpc) is 3.61. The first-order chi connectivity index (χ1) is 20.4. The molecule has 1 saturated heterocycles. The number of likely N-dealkylation sites (N-methyl/N-ethyl adjacent to an activating group) is 1. The Kier molecular flexibility index (Phi) is 7.77. The average molecular weight is 585 g/mol. The molecule has 218 valence electrons. The van der Waals surface area contributed by atoms with Gasteiger partial charge in [-0.1, -0.05) is 41.7 Å². The van der Waals surface area contributed by atoms with Crippen LogP contribution in [0.1, 0.15) is 57.4 Å². The largest absolute Gasteiger partial charge is 0.496 e. The van der Waals surface area contributed by atoms with Crippen molar-refractivity contribution >= 4 is 40.0 Å². The molecule has 2 aromatic carbocycles. The Balaban J connectivity index is 1.56. The molecule has 2 aliphatic rings. The van der Waals surface area contributed by atoms with E-state index in [4.69, 9.17) is 14.1 Å². The summed E-state index contributed by atoms with van der Waals surface area (Å²) in [7, 11) is 1.62. The van der Waals surface area contributed by atoms with Crippen molar-refractivity contribution in [3.05, 3.63) is 90.8 Å². The maximum absolute atomic E-state index is 14.3. The van der Waals surface area contributed by atoms with Crippen molar-refractivity contribution in [2.75, 3.05) is 38.2 Å². The van der Waals surface area contributed by atoms with Gasteiger partial charge in [0, 0.05) is 43.9 Å². The quantitative estimate of drug-likeness (QED) is 0.310. The van der Waals surface area contributed by atoms with Crippen LogP contribution in [0.2, 0.25) is 0 Å². The number of methoxy groups -OCH3 is 1. The normalized spacial score (nSPS) is 17.4. The monoisotopic (exact) mass is 584 g/mol. The van der Waals surface area contributed by atoms with E-state index in [1.807, 2.05) is 69.3 Å². The maximum Gasteiger partial charge on any atom is 0.271 e. The van der Waals surface area contributed by atoms with Gasteiger partial charge in [0.2, 0.25) is 0 Å². The van der Waals surface area contributed by atoms with Gasteiger partial charge < -0.3 is 19.0 Å². The number of nitrogens with zero attached hydrogens (tertiary/aromatic N) is 4. The van der Waals surface area contributed by atoms with Crippen LogP contribution < -0.4 is 24.5 Å². The van der Waals surface area contributed by atoms with Gasteiger partial charge in [0.1, 0.15) is 17.6 Å². The molecule has 2 aromatic heterocycles. The fraction of sp³-hybridized carbons (Fsp3) is 0.364. The van der Waals surface area contributed by atoms with Crippen molar-refractivity contribution in [3.8, 4) is 5.75 Å². The number of hydrogen-bond donors (Lipinski definition) is 0. The van der Waals surface area contributed by atoms with E-state index in [-0.39, 0.29) is 11.5 Å². The number of fused-ring (bicyclic) bond motifs is 2. The molecule has 1 fully saturated rings. The summed E-state index contributed by atoms with van der Waals surface area (Å²) in [5.74, 6) is 1.93. The molecule has 0 bridgehead atoms. The summed E-state index contributed by atoms with van der Waals surface area (Å²) in [5, 5.41) is 1.92. The van der Waals surface area contributed by atoms with Crippen LogP contribution in [0, 0.1) is 0 Å². The van der Waals surface area contributed by atoms with Gasteiger partial charge in [-0.2, -0.15) is 0 Å². The highest BCUT2D eigenvalue weighted by atomic mass is 32.1. The molecule has 1 atom stereocenters. The van der Waals surface area contributed by atoms with Crippen LogP contribution in [0.5, 0.6) is 5.75 Å². The van der Waals surface area contributed by atoms with E-state index in [1.165, 1.54) is 17.8 Å². The van der Waals surface area contributed by atoms with Crippen molar-refractivity contribution in [1.29, 1.82) is 0 Å². The van der Waals surface area contributed by atoms with E-state index in [0.29, 0.717) is 45.2 Å². The molecule has 6 rings (SSSR count). The number of furan rings is 1. The minimum absolute atomic E-state index is 0.132. The van der Waals surface area contributed by atoms with Crippen LogP contribution in [0.15, 0.2) is 74.0 Å². The van der Waals surface area contributed by atoms with Crippen LogP contribution in [0.25, 0.3) is 16.8 Å². The Hall–Kier alpha value is -4.11. The third kappa shape index (κ3) is 4.85. The molecule has 0 radical (unpaired) electrons. The molecular formula is C33H36N4O4S. The number of ether oxygens (including phenoxy) is 1. The van der Waals surface area contributed by atoms with E-state index in [1.54, 1.807) is 22.7 Å². The van der Waals surface area contributed by atoms with Crippen LogP contribution in [0.4, 0.5) is 5.88 Å². The first-order valence-electron chi connectivity index (χ1n) is 14.7. The Morgan fingerprint density at radius 3 is 2.60 bits per heavy atom. The predicted octanol–water partition coefficient (Wildman–Crippen LogP) is 4.85. The van der Waals surface area contributed by atoms with Gasteiger partial charge in [0.15, 0.2) is 10.7 Å². The molecule has 0 aliphatic carbocycles. The van der Waals surface area contributed by atoms with Gasteiger partial charge in [0.25, 0.3) is 11.5 Å². The molecule has 1 amide bonds. The zero-order valence-electron chi connectivity index (χ0n) is 24.6. The Labute approximate surface area is 248 Å². The molecule has 8 nitrogen and oxygen atoms in total. The standard InChI is InChI=1S/C33H36N4O4S/c1-5-35(6-2)32(39)28-21(3)34-33-37(30(28)29-24-13-9-8-12-22(24)14-16-25(29)40-4)31(38)26(42-33)20-23-15-17-27(41-23)36-18-10-7-11-19-36/h8-9,12-17,20,30H,5-7,10-11,18-19H2,1-4H3/b26-20+/t30-/m1/s1. The number of piperidine rings is 1. The van der Waals surface area contributed by atoms with Crippen molar-refractivity contribution in [1.82, 2.24) is 9.47 Å². The van der Waals surface area contributed by atoms with Gasteiger partial charge in [0.05, 0.1) is 22.9 Å². The van der Waals surface area contributed by atoms with Crippen molar-refractivity contribution in [3.63, 3.8) is 0 Å². The number of hydrogen-bond acceptors (Lipinski definition) is 7. The van der Waals surface area contributed by atoms with Gasteiger partial charge in [-0.15, -0.1) is 0 Å². The van der Waals surface area contributed by atoms with Gasteiger partial charge in [-0.05, 0) is 62.9 Å². The number of carbonyl (C=O) groups is 1. The van der Waals surface area contributed by atoms with Gasteiger partial charge in [-0.25, -0.2) is 4.99 Å². The Morgan fingerprint density at radius 2 is 1.86 bits per heavy atom. The highest BCUT2D eigenvalue weighted by Crippen LogP contribution is 2.40. The van der Waals surface area contributed by atoms with E-state index in [0.717, 1.165) is 48.2 Å². The van der Waals surface area contributed by atoms with Crippen LogP contribution in [-0.2, 0) is 4.79 Å². The summed E-state index contributed by atoms with van der Waals surface area (Å²) in [6, 6.07) is 15.1. The lowest BCUT2D eigenvalue weighted by Gasteiger charge is -2.30. The lowest BCUT2D eigenvalue weighted by atomic mass is 9.90. The van der Waals surface area contributed by atoms with Crippen molar-refractivity contribution < 1.29 is 13.9 Å². The number of amides is 1. The first-order valence-corrected chi connectivity index (χ1v) is 15.5. The molecule has 0 unspecified atom stereocenters. The fourth-order valence-corrected chi connectivity index (χ4v) is 7.14. The zero-order chi connectivity index (χ0) is 29.4. The number of aromatic nitrogens is 1. The Morgan fingerprint density at radius 1 is 1.10 bits per heavy atom. The van der Waals surface area contributed by atoms with E-state index < -0.39 is 6.04 Å². The summed E-state index contributed by atoms with van der Waals surface area (Å²) < 4.78 is 14.2. The third-order valence-electron chi connectivity index (χ3n) is 8.28. The highest BCUT2D eigenvalue weighted by Gasteiger charge is 2.36. The highest BCUT2D eigenvalue weighted by molar-refractivity contribution is 7.07. The number of anilines is 1. The number of carbonyl (C=O) groups excluding carboxylic acids is 1. The smallest absolute Gasteiger partial charge is 0.271 e. The molecular weight excluding hydrogens is 548 g/mol. The first kappa shape index (κ1) is 28.0. The summed E-state index contributed by atoms with van der Waals surface area (Å²) in [6.45, 7) is 8.83. The molecule has 4 aromatic rings. The molecule has 0 spiro atoms. The second-order valence-electron chi connectivity index (χ2n) is 10.7. The third-order valence-corrected chi connectivity index (χ3v) is 9.26. The predicted molar refractivity (Wildman–Crippen MR) is 167 cm³/mol. The zero-order valence-corrected chi connectivity index (χ0v) is 25.4. The number of thiazole rings is 1. The van der Waals surface area contributed by atoms with E-state index >= 15 is 0 Å². The minimum atomic E-state index is -0.710. The van der Waals surface area contributed by atoms with Gasteiger partial charge >= 0.3 is 0 Å². The van der Waals surface area contributed by atoms with Gasteiger partial charge in [-0.3, -0.25) is 14.2 Å². The summed E-state index contributed by atoms with van der Waals surface area (Å²) in [6.07, 6.45) is 5.34. The topological polar surface area (TPSA) is 80.3 Å². The minimum Gasteiger partial charge on any atom is -0.496 e. The molecule has 9 heteroatoms. The number of rotatable bonds is 7. The molecule has 0 saturated carbocycles. The van der Waals surface area contributed by atoms with Crippen LogP contribution >= 0.6 is 11.3 Å². The lowest BCUT2D eigenvalue weighted by Crippen LogP contribution is -2.43. The van der Waals surface area contributed by atoms with Crippen LogP contribution in [0.3, 0.4) is 0 Å². The summed E-state index contributed by atoms with van der Waals surface area (Å²) in [5.41, 5.74) is 1.65. The SMILES string of the molecule is CCN(CC)C(=O)C1=C(C)N=c2s/c(=C/c3ccc(N4CCCCC4)o3)c(=O)n2[C@H]1c1c(OC)ccc2ccccc12. The molecule has 2 aliphatic heterocycles. The summed E-state index contributed by atoms with van der Waals surface area (Å²) >= 11 is 1.31. The Bertz CT molecular complexity index is 1850. The van der Waals surface area contributed by atoms with Crippen LogP contribution in [-0.4, -0.2) is 48.7 Å². The molecule has 42 heavy (non-hydrogen) atoms. The fourth-order valence-electron chi connectivity index (χ4n) is 6.12. The molecule has 4 heterocycles. The van der Waals surface area contributed by atoms with Crippen molar-refractivity contribution in [2.45, 2.75) is 46.1 Å². The van der Waals surface area contributed by atoms with E-state index in [9.17, 15) is 9.59 Å². The maximum atomic E-state index is 14.3. The summed E-state index contributed by atoms with van der Waals surface area (Å²) in [4.78, 5) is 37.8. The second-order valence-corrected chi connectivity index (χ2v) is 11.7. The second kappa shape index (κ2) is 11.6. The number of benzene rings is 2. The number of allylic oxidation sites excluding steroid dienone is 1. The molecule has 0 N–H and O–H groups in total. The van der Waals surface area contributed by atoms with Crippen molar-refractivity contribution in [2.24, 2.45) is 4.99 Å².